The van der Waals surface area contributed by atoms with Gasteiger partial charge in [0, 0.05) is 17.0 Å². The van der Waals surface area contributed by atoms with Crippen molar-refractivity contribution in [1.82, 2.24) is 9.78 Å². The molecule has 0 unspecified atom stereocenters. The van der Waals surface area contributed by atoms with Gasteiger partial charge in [0.1, 0.15) is 22.5 Å². The molecule has 32 heavy (non-hydrogen) atoms. The van der Waals surface area contributed by atoms with E-state index in [0.29, 0.717) is 16.3 Å². The molecule has 0 radical (unpaired) electrons. The summed E-state index contributed by atoms with van der Waals surface area (Å²) in [5.41, 5.74) is -0.305. The van der Waals surface area contributed by atoms with Crippen LogP contribution in [0.4, 0.5) is 33.5 Å². The van der Waals surface area contributed by atoms with Crippen LogP contribution >= 0.6 is 27.5 Å². The monoisotopic (exact) mass is 534 g/mol. The third-order valence-corrected chi connectivity index (χ3v) is 5.85. The van der Waals surface area contributed by atoms with Crippen LogP contribution in [0.25, 0.3) is 0 Å². The van der Waals surface area contributed by atoms with Crippen molar-refractivity contribution in [2.75, 3.05) is 10.6 Å². The van der Waals surface area contributed by atoms with Crippen LogP contribution in [0, 0.1) is 11.6 Å². The molecule has 1 amide bonds. The topological polar surface area (TPSA) is 59.0 Å². The highest BCUT2D eigenvalue weighted by atomic mass is 79.9. The largest absolute Gasteiger partial charge is 0.410 e. The molecule has 4 rings (SSSR count). The lowest BCUT2D eigenvalue weighted by molar-refractivity contribution is -0.173. The van der Waals surface area contributed by atoms with Gasteiger partial charge in [-0.2, -0.15) is 18.3 Å². The zero-order valence-electron chi connectivity index (χ0n) is 15.9. The fourth-order valence-corrected chi connectivity index (χ4v) is 3.95. The summed E-state index contributed by atoms with van der Waals surface area (Å²) in [6.07, 6.45) is -5.06. The molecule has 3 aromatic rings. The second-order valence-corrected chi connectivity index (χ2v) is 8.37. The Labute approximate surface area is 191 Å². The Balaban J connectivity index is 1.70. The van der Waals surface area contributed by atoms with Crippen LogP contribution in [0.3, 0.4) is 0 Å². The van der Waals surface area contributed by atoms with Crippen LogP contribution in [0.2, 0.25) is 5.02 Å². The number of amides is 1. The van der Waals surface area contributed by atoms with Gasteiger partial charge in [-0.15, -0.1) is 0 Å². The van der Waals surface area contributed by atoms with Gasteiger partial charge >= 0.3 is 6.18 Å². The number of anilines is 2. The highest BCUT2D eigenvalue weighted by Crippen LogP contribution is 2.46. The lowest BCUT2D eigenvalue weighted by Crippen LogP contribution is -2.35. The molecule has 2 N–H and O–H groups in total. The molecule has 0 bridgehead atoms. The molecule has 168 valence electrons. The Hall–Kier alpha value is -2.66. The average molecular weight is 536 g/mol. The molecule has 12 heteroatoms. The quantitative estimate of drug-likeness (QED) is 0.377. The molecule has 1 aliphatic heterocycles. The van der Waals surface area contributed by atoms with Gasteiger partial charge in [-0.25, -0.2) is 13.5 Å². The number of carbonyl (C=O) groups is 1. The standard InChI is InChI=1S/C20H13BrClF5N4O/c21-10-3-1-9(2-4-10)14-8-15(20(25,26)27)31-18(28-14)16(22)17(30-31)19(32)29-13-6-5-11(23)7-12(13)24/h1-7,14-15,28H,8H2,(H,29,32)/t14-,15+/m1/s1. The number of carbonyl (C=O) groups excluding carboxylic acids is 1. The summed E-state index contributed by atoms with van der Waals surface area (Å²) in [4.78, 5) is 12.6. The fraction of sp³-hybridized carbons (Fsp3) is 0.200. The highest BCUT2D eigenvalue weighted by Gasteiger charge is 2.47. The minimum absolute atomic E-state index is 0.183. The first-order valence-corrected chi connectivity index (χ1v) is 10.3. The first kappa shape index (κ1) is 22.5. The van der Waals surface area contributed by atoms with E-state index in [1.165, 1.54) is 0 Å². The third kappa shape index (κ3) is 4.31. The SMILES string of the molecule is O=C(Nc1ccc(F)cc1F)c1nn2c(c1Cl)N[C@@H](c1ccc(Br)cc1)C[C@H]2C(F)(F)F. The fourth-order valence-electron chi connectivity index (χ4n) is 3.42. The van der Waals surface area contributed by atoms with Gasteiger partial charge in [0.25, 0.3) is 5.91 Å². The van der Waals surface area contributed by atoms with Gasteiger partial charge in [0.2, 0.25) is 0 Å². The maximum atomic E-state index is 13.9. The molecule has 0 saturated carbocycles. The highest BCUT2D eigenvalue weighted by molar-refractivity contribution is 9.10. The number of nitrogens with one attached hydrogen (secondary N) is 2. The van der Waals surface area contributed by atoms with Crippen LogP contribution in [-0.4, -0.2) is 21.9 Å². The number of fused-ring (bicyclic) bond motifs is 1. The lowest BCUT2D eigenvalue weighted by atomic mass is 9.97. The van der Waals surface area contributed by atoms with E-state index < -0.39 is 41.5 Å². The number of nitrogens with zero attached hydrogens (tertiary/aromatic N) is 2. The molecular formula is C20H13BrClF5N4O. The van der Waals surface area contributed by atoms with Crippen molar-refractivity contribution in [2.45, 2.75) is 24.7 Å². The van der Waals surface area contributed by atoms with Crippen molar-refractivity contribution >= 4 is 44.9 Å². The minimum atomic E-state index is -4.67. The maximum Gasteiger partial charge on any atom is 0.410 e. The molecule has 2 aromatic carbocycles. The smallest absolute Gasteiger partial charge is 0.362 e. The lowest BCUT2D eigenvalue weighted by Gasteiger charge is -2.33. The zero-order chi connectivity index (χ0) is 23.2. The van der Waals surface area contributed by atoms with E-state index in [4.69, 9.17) is 11.6 Å². The summed E-state index contributed by atoms with van der Waals surface area (Å²) in [5.74, 6) is -3.13. The molecule has 1 aliphatic rings. The van der Waals surface area contributed by atoms with Crippen LogP contribution in [0.15, 0.2) is 46.9 Å². The number of alkyl halides is 3. The van der Waals surface area contributed by atoms with E-state index in [1.807, 2.05) is 0 Å². The second-order valence-electron chi connectivity index (χ2n) is 7.08. The van der Waals surface area contributed by atoms with Crippen LogP contribution in [0.1, 0.15) is 34.6 Å². The molecule has 0 saturated heterocycles. The third-order valence-electron chi connectivity index (χ3n) is 4.96. The number of rotatable bonds is 3. The molecule has 1 aromatic heterocycles. The van der Waals surface area contributed by atoms with Gasteiger partial charge in [0.15, 0.2) is 11.7 Å². The molecule has 2 heterocycles. The van der Waals surface area contributed by atoms with Crippen molar-refractivity contribution < 1.29 is 26.7 Å². The van der Waals surface area contributed by atoms with Crippen LogP contribution in [0.5, 0.6) is 0 Å². The zero-order valence-corrected chi connectivity index (χ0v) is 18.2. The van der Waals surface area contributed by atoms with E-state index in [-0.39, 0.29) is 22.9 Å². The number of benzene rings is 2. The molecule has 5 nitrogen and oxygen atoms in total. The van der Waals surface area contributed by atoms with E-state index >= 15 is 0 Å². The second kappa shape index (κ2) is 8.36. The number of hydrogen-bond donors (Lipinski definition) is 2. The Morgan fingerprint density at radius 3 is 2.50 bits per heavy atom. The molecule has 0 spiro atoms. The van der Waals surface area contributed by atoms with E-state index in [9.17, 15) is 26.7 Å². The Kier molecular flexibility index (Phi) is 5.89. The van der Waals surface area contributed by atoms with Gasteiger partial charge in [-0.1, -0.05) is 39.7 Å². The molecular weight excluding hydrogens is 523 g/mol. The van der Waals surface area contributed by atoms with Crippen molar-refractivity contribution in [3.63, 3.8) is 0 Å². The summed E-state index contributed by atoms with van der Waals surface area (Å²) in [6, 6.07) is 6.39. The predicted molar refractivity (Wildman–Crippen MR) is 112 cm³/mol. The van der Waals surface area contributed by atoms with Gasteiger partial charge < -0.3 is 10.6 Å². The Morgan fingerprint density at radius 2 is 1.88 bits per heavy atom. The maximum absolute atomic E-state index is 13.9. The average Bonchev–Trinajstić information content (AvgIpc) is 3.06. The molecule has 0 aliphatic carbocycles. The number of aromatic nitrogens is 2. The van der Waals surface area contributed by atoms with E-state index in [2.05, 4.69) is 31.7 Å². The van der Waals surface area contributed by atoms with Crippen molar-refractivity contribution in [3.05, 3.63) is 74.9 Å². The normalized spacial score (nSPS) is 18.1. The van der Waals surface area contributed by atoms with Gasteiger partial charge in [-0.3, -0.25) is 4.79 Å². The van der Waals surface area contributed by atoms with E-state index in [0.717, 1.165) is 16.6 Å². The first-order chi connectivity index (χ1) is 15.0. The first-order valence-electron chi connectivity index (χ1n) is 9.17. The molecule has 2 atom stereocenters. The number of hydrogen-bond acceptors (Lipinski definition) is 3. The van der Waals surface area contributed by atoms with Crippen molar-refractivity contribution in [1.29, 1.82) is 0 Å². The van der Waals surface area contributed by atoms with Gasteiger partial charge in [0.05, 0.1) is 11.7 Å². The minimum Gasteiger partial charge on any atom is -0.362 e. The van der Waals surface area contributed by atoms with Crippen molar-refractivity contribution in [3.8, 4) is 0 Å². The molecule has 0 fully saturated rings. The summed E-state index contributed by atoms with van der Waals surface area (Å²) in [6.45, 7) is 0. The summed E-state index contributed by atoms with van der Waals surface area (Å²) >= 11 is 9.50. The van der Waals surface area contributed by atoms with Crippen LogP contribution in [-0.2, 0) is 0 Å². The van der Waals surface area contributed by atoms with Crippen LogP contribution < -0.4 is 10.6 Å². The predicted octanol–water partition coefficient (Wildman–Crippen LogP) is 6.49. The summed E-state index contributed by atoms with van der Waals surface area (Å²) in [5, 5.41) is 8.49. The van der Waals surface area contributed by atoms with Gasteiger partial charge in [-0.05, 0) is 29.8 Å². The van der Waals surface area contributed by atoms with Crippen molar-refractivity contribution in [2.24, 2.45) is 0 Å². The Morgan fingerprint density at radius 1 is 1.19 bits per heavy atom. The number of halogens is 7. The summed E-state index contributed by atoms with van der Waals surface area (Å²) in [7, 11) is 0. The summed E-state index contributed by atoms with van der Waals surface area (Å²) < 4.78 is 69.8. The van der Waals surface area contributed by atoms with E-state index in [1.54, 1.807) is 24.3 Å². The Bertz CT molecular complexity index is 1180.